The molecule has 0 aliphatic heterocycles. The predicted octanol–water partition coefficient (Wildman–Crippen LogP) is 1.77. The number of aromatic carboxylic acids is 1. The standard InChI is InChI=1S/C13H12N2O3/c1-18-10-4-2-9(3-5-10)8-12-14-7-6-11(15-12)13(16)17/h2-7H,8H2,1H3,(H,16,17). The van der Waals surface area contributed by atoms with Crippen LogP contribution in [0.25, 0.3) is 0 Å². The summed E-state index contributed by atoms with van der Waals surface area (Å²) in [6.07, 6.45) is 1.94. The number of nitrogens with zero attached hydrogens (tertiary/aromatic N) is 2. The molecule has 92 valence electrons. The van der Waals surface area contributed by atoms with Gasteiger partial charge in [-0.2, -0.15) is 0 Å². The quantitative estimate of drug-likeness (QED) is 0.887. The lowest BCUT2D eigenvalue weighted by molar-refractivity contribution is 0.0690. The SMILES string of the molecule is COc1ccc(Cc2nccc(C(=O)O)n2)cc1. The van der Waals surface area contributed by atoms with E-state index < -0.39 is 5.97 Å². The van der Waals surface area contributed by atoms with E-state index in [1.54, 1.807) is 7.11 Å². The molecule has 0 bridgehead atoms. The van der Waals surface area contributed by atoms with Gasteiger partial charge in [-0.1, -0.05) is 12.1 Å². The molecule has 0 amide bonds. The maximum Gasteiger partial charge on any atom is 0.354 e. The summed E-state index contributed by atoms with van der Waals surface area (Å²) in [5.41, 5.74) is 1.01. The van der Waals surface area contributed by atoms with Crippen LogP contribution in [0.2, 0.25) is 0 Å². The topological polar surface area (TPSA) is 72.3 Å². The molecule has 0 fully saturated rings. The summed E-state index contributed by atoms with van der Waals surface area (Å²) in [7, 11) is 1.61. The molecule has 2 rings (SSSR count). The van der Waals surface area contributed by atoms with Crippen LogP contribution in [-0.2, 0) is 6.42 Å². The van der Waals surface area contributed by atoms with Gasteiger partial charge in [0.15, 0.2) is 5.69 Å². The highest BCUT2D eigenvalue weighted by Gasteiger charge is 2.06. The van der Waals surface area contributed by atoms with Crippen molar-refractivity contribution < 1.29 is 14.6 Å². The van der Waals surface area contributed by atoms with Crippen LogP contribution in [0.4, 0.5) is 0 Å². The number of hydrogen-bond donors (Lipinski definition) is 1. The minimum absolute atomic E-state index is 0.00788. The molecule has 5 nitrogen and oxygen atoms in total. The van der Waals surface area contributed by atoms with Crippen LogP contribution >= 0.6 is 0 Å². The number of carbonyl (C=O) groups is 1. The molecule has 0 aliphatic rings. The lowest BCUT2D eigenvalue weighted by Crippen LogP contribution is -2.05. The number of aromatic nitrogens is 2. The zero-order valence-electron chi connectivity index (χ0n) is 9.83. The number of hydrogen-bond acceptors (Lipinski definition) is 4. The smallest absolute Gasteiger partial charge is 0.354 e. The largest absolute Gasteiger partial charge is 0.497 e. The molecule has 0 unspecified atom stereocenters. The van der Waals surface area contributed by atoms with E-state index in [1.807, 2.05) is 24.3 Å². The van der Waals surface area contributed by atoms with E-state index in [4.69, 9.17) is 9.84 Å². The number of methoxy groups -OCH3 is 1. The van der Waals surface area contributed by atoms with E-state index in [9.17, 15) is 4.79 Å². The number of carboxylic acids is 1. The van der Waals surface area contributed by atoms with Gasteiger partial charge in [0.1, 0.15) is 11.6 Å². The van der Waals surface area contributed by atoms with Crippen LogP contribution < -0.4 is 4.74 Å². The summed E-state index contributed by atoms with van der Waals surface area (Å²) in [5.74, 6) is 0.215. The normalized spacial score (nSPS) is 10.1. The monoisotopic (exact) mass is 244 g/mol. The van der Waals surface area contributed by atoms with Crippen molar-refractivity contribution in [2.24, 2.45) is 0 Å². The van der Waals surface area contributed by atoms with Gasteiger partial charge < -0.3 is 9.84 Å². The van der Waals surface area contributed by atoms with Crippen LogP contribution in [0.15, 0.2) is 36.5 Å². The van der Waals surface area contributed by atoms with Gasteiger partial charge in [-0.25, -0.2) is 14.8 Å². The third kappa shape index (κ3) is 2.82. The van der Waals surface area contributed by atoms with Crippen LogP contribution in [-0.4, -0.2) is 28.2 Å². The Morgan fingerprint density at radius 3 is 2.61 bits per heavy atom. The zero-order valence-corrected chi connectivity index (χ0v) is 9.83. The number of carboxylic acid groups (broad SMARTS) is 1. The van der Waals surface area contributed by atoms with Crippen molar-refractivity contribution in [3.63, 3.8) is 0 Å². The van der Waals surface area contributed by atoms with Crippen molar-refractivity contribution in [2.45, 2.75) is 6.42 Å². The van der Waals surface area contributed by atoms with Gasteiger partial charge in [0.25, 0.3) is 0 Å². The maximum absolute atomic E-state index is 10.8. The van der Waals surface area contributed by atoms with E-state index in [2.05, 4.69) is 9.97 Å². The fourth-order valence-corrected chi connectivity index (χ4v) is 1.53. The maximum atomic E-state index is 10.8. The summed E-state index contributed by atoms with van der Waals surface area (Å²) in [4.78, 5) is 18.8. The van der Waals surface area contributed by atoms with Gasteiger partial charge in [0, 0.05) is 12.6 Å². The van der Waals surface area contributed by atoms with Crippen LogP contribution in [0.3, 0.4) is 0 Å². The Hall–Kier alpha value is -2.43. The van der Waals surface area contributed by atoms with Crippen molar-refractivity contribution >= 4 is 5.97 Å². The first kappa shape index (κ1) is 12.0. The minimum Gasteiger partial charge on any atom is -0.497 e. The van der Waals surface area contributed by atoms with E-state index in [0.717, 1.165) is 11.3 Å². The number of ether oxygens (including phenoxy) is 1. The predicted molar refractivity (Wildman–Crippen MR) is 64.8 cm³/mol. The fourth-order valence-electron chi connectivity index (χ4n) is 1.53. The Kier molecular flexibility index (Phi) is 3.52. The second-order valence-electron chi connectivity index (χ2n) is 3.69. The second kappa shape index (κ2) is 5.27. The molecule has 0 radical (unpaired) electrons. The van der Waals surface area contributed by atoms with Crippen molar-refractivity contribution in [3.8, 4) is 5.75 Å². The highest BCUT2D eigenvalue weighted by molar-refractivity contribution is 5.85. The molecule has 18 heavy (non-hydrogen) atoms. The molecule has 1 N–H and O–H groups in total. The fraction of sp³-hybridized carbons (Fsp3) is 0.154. The molecule has 0 atom stereocenters. The van der Waals surface area contributed by atoms with Gasteiger partial charge in [0.05, 0.1) is 7.11 Å². The molecule has 0 aliphatic carbocycles. The summed E-state index contributed by atoms with van der Waals surface area (Å²) in [6.45, 7) is 0. The molecule has 5 heteroatoms. The Morgan fingerprint density at radius 1 is 1.28 bits per heavy atom. The average Bonchev–Trinajstić information content (AvgIpc) is 2.40. The third-order valence-electron chi connectivity index (χ3n) is 2.45. The average molecular weight is 244 g/mol. The zero-order chi connectivity index (χ0) is 13.0. The first-order valence-corrected chi connectivity index (χ1v) is 5.37. The van der Waals surface area contributed by atoms with Crippen molar-refractivity contribution in [3.05, 3.63) is 53.6 Å². The van der Waals surface area contributed by atoms with E-state index >= 15 is 0 Å². The Morgan fingerprint density at radius 2 is 2.00 bits per heavy atom. The summed E-state index contributed by atoms with van der Waals surface area (Å²) in [5, 5.41) is 8.84. The molecular formula is C13H12N2O3. The lowest BCUT2D eigenvalue weighted by atomic mass is 10.1. The first-order valence-electron chi connectivity index (χ1n) is 5.37. The lowest BCUT2D eigenvalue weighted by Gasteiger charge is -2.03. The van der Waals surface area contributed by atoms with E-state index in [1.165, 1.54) is 12.3 Å². The summed E-state index contributed by atoms with van der Waals surface area (Å²) >= 11 is 0. The molecule has 0 saturated carbocycles. The molecule has 1 aromatic carbocycles. The Labute approximate surface area is 104 Å². The van der Waals surface area contributed by atoms with Gasteiger partial charge in [-0.15, -0.1) is 0 Å². The van der Waals surface area contributed by atoms with Gasteiger partial charge >= 0.3 is 5.97 Å². The van der Waals surface area contributed by atoms with Crippen LogP contribution in [0, 0.1) is 0 Å². The Balaban J connectivity index is 2.17. The first-order chi connectivity index (χ1) is 8.69. The van der Waals surface area contributed by atoms with E-state index in [0.29, 0.717) is 12.2 Å². The molecule has 2 aromatic rings. The molecule has 1 heterocycles. The summed E-state index contributed by atoms with van der Waals surface area (Å²) < 4.78 is 5.06. The third-order valence-corrected chi connectivity index (χ3v) is 2.45. The van der Waals surface area contributed by atoms with Crippen molar-refractivity contribution in [1.29, 1.82) is 0 Å². The highest BCUT2D eigenvalue weighted by Crippen LogP contribution is 2.13. The molecule has 0 saturated heterocycles. The molecular weight excluding hydrogens is 232 g/mol. The van der Waals surface area contributed by atoms with Gasteiger partial charge in [-0.05, 0) is 23.8 Å². The van der Waals surface area contributed by atoms with Gasteiger partial charge in [0.2, 0.25) is 0 Å². The summed E-state index contributed by atoms with van der Waals surface area (Å²) in [6, 6.07) is 8.86. The highest BCUT2D eigenvalue weighted by atomic mass is 16.5. The second-order valence-corrected chi connectivity index (χ2v) is 3.69. The van der Waals surface area contributed by atoms with Crippen LogP contribution in [0.1, 0.15) is 21.9 Å². The van der Waals surface area contributed by atoms with Crippen molar-refractivity contribution in [1.82, 2.24) is 9.97 Å². The van der Waals surface area contributed by atoms with E-state index in [-0.39, 0.29) is 5.69 Å². The minimum atomic E-state index is -1.05. The number of rotatable bonds is 4. The molecule has 1 aromatic heterocycles. The Bertz CT molecular complexity index is 552. The van der Waals surface area contributed by atoms with Crippen molar-refractivity contribution in [2.75, 3.05) is 7.11 Å². The number of benzene rings is 1. The van der Waals surface area contributed by atoms with Gasteiger partial charge in [-0.3, -0.25) is 0 Å². The molecule has 0 spiro atoms. The van der Waals surface area contributed by atoms with Crippen LogP contribution in [0.5, 0.6) is 5.75 Å².